The fourth-order valence-corrected chi connectivity index (χ4v) is 7.14. The molecule has 0 aliphatic carbocycles. The van der Waals surface area contributed by atoms with Crippen molar-refractivity contribution in [2.24, 2.45) is 0 Å². The van der Waals surface area contributed by atoms with Gasteiger partial charge >= 0.3 is 6.92 Å². The van der Waals surface area contributed by atoms with Gasteiger partial charge < -0.3 is 18.5 Å². The summed E-state index contributed by atoms with van der Waals surface area (Å²) in [6, 6.07) is -19.4. The van der Waals surface area contributed by atoms with Gasteiger partial charge in [-0.05, 0) is 65.6 Å². The summed E-state index contributed by atoms with van der Waals surface area (Å²) in [7, 11) is 0. The minimum atomic E-state index is -1.72. The van der Waals surface area contributed by atoms with Crippen molar-refractivity contribution in [2.45, 2.75) is 0 Å². The number of benzene rings is 8. The molecule has 5 heteroatoms. The number of rotatable bonds is 3. The van der Waals surface area contributed by atoms with Gasteiger partial charge in [0.2, 0.25) is 0 Å². The van der Waals surface area contributed by atoms with Crippen LogP contribution in [0.25, 0.3) is 77.2 Å². The second-order valence-corrected chi connectivity index (χ2v) is 12.0. The Morgan fingerprint density at radius 3 is 1.66 bits per heavy atom. The molecular formula is C48H29BN2O2. The van der Waals surface area contributed by atoms with E-state index in [1.807, 2.05) is 0 Å². The van der Waals surface area contributed by atoms with Gasteiger partial charge in [0.05, 0.1) is 64.8 Å². The first-order valence-corrected chi connectivity index (χ1v) is 15.9. The number of ether oxygens (including phenoxy) is 1. The van der Waals surface area contributed by atoms with Crippen LogP contribution in [0.4, 0.5) is 0 Å². The molecule has 4 nitrogen and oxygen atoms in total. The molecule has 8 aromatic carbocycles. The van der Waals surface area contributed by atoms with Crippen LogP contribution in [0.3, 0.4) is 0 Å². The Bertz CT molecular complexity index is 4550. The van der Waals surface area contributed by atoms with Crippen molar-refractivity contribution < 1.29 is 46.4 Å². The lowest BCUT2D eigenvalue weighted by atomic mass is 9.50. The molecule has 0 spiro atoms. The Hall–Kier alpha value is -6.98. The number of hydrogen-bond acceptors (Lipinski definition) is 2. The summed E-state index contributed by atoms with van der Waals surface area (Å²) >= 11 is 0. The van der Waals surface area contributed by atoms with Gasteiger partial charge in [-0.1, -0.05) is 115 Å². The van der Waals surface area contributed by atoms with Crippen LogP contribution < -0.4 is 20.3 Å². The van der Waals surface area contributed by atoms with Gasteiger partial charge in [0, 0.05) is 55.3 Å². The van der Waals surface area contributed by atoms with Gasteiger partial charge in [-0.2, -0.15) is 0 Å². The maximum Gasteiger partial charge on any atom is 0.434 e. The molecule has 0 N–H and O–H groups in total. The molecule has 10 aromatic rings. The van der Waals surface area contributed by atoms with Crippen LogP contribution >= 0.6 is 0 Å². The van der Waals surface area contributed by atoms with Gasteiger partial charge in [-0.25, -0.2) is 0 Å². The van der Waals surface area contributed by atoms with Crippen molar-refractivity contribution in [3.05, 3.63) is 175 Å². The van der Waals surface area contributed by atoms with Crippen molar-refractivity contribution in [1.29, 1.82) is 0 Å². The van der Waals surface area contributed by atoms with Gasteiger partial charge in [0.25, 0.3) is 0 Å². The van der Waals surface area contributed by atoms with E-state index in [4.69, 9.17) is 35.4 Å². The molecule has 0 unspecified atom stereocenters. The zero-order valence-electron chi connectivity index (χ0n) is 53.4. The van der Waals surface area contributed by atoms with Crippen molar-refractivity contribution >= 4 is 61.5 Å². The summed E-state index contributed by atoms with van der Waals surface area (Å²) < 4.78 is 258. The summed E-state index contributed by atoms with van der Waals surface area (Å²) in [6.45, 7) is -1.72. The molecule has 246 valence electrons. The van der Waals surface area contributed by atoms with E-state index in [1.54, 1.807) is 0 Å². The number of aromatic nitrogens is 2. The highest BCUT2D eigenvalue weighted by Crippen LogP contribution is 2.44. The largest absolute Gasteiger partial charge is 0.551 e. The van der Waals surface area contributed by atoms with E-state index < -0.39 is 248 Å². The molecule has 0 radical (unpaired) electrons. The van der Waals surface area contributed by atoms with Crippen molar-refractivity contribution in [2.75, 3.05) is 0 Å². The van der Waals surface area contributed by atoms with Crippen LogP contribution in [-0.4, -0.2) is 16.0 Å². The fourth-order valence-electron chi connectivity index (χ4n) is 7.14. The van der Waals surface area contributed by atoms with E-state index in [0.717, 1.165) is 15.2 Å². The molecule has 0 bridgehead atoms. The topological polar surface area (TPSA) is 28.3 Å². The Labute approximate surface area is 343 Å². The smallest absolute Gasteiger partial charge is 0.434 e. The molecule has 2 aliphatic heterocycles. The Morgan fingerprint density at radius 1 is 0.453 bits per heavy atom. The molecular weight excluding hydrogens is 647 g/mol. The summed E-state index contributed by atoms with van der Waals surface area (Å²) in [5.41, 5.74) is -5.26. The normalized spacial score (nSPS) is 19.9. The third-order valence-corrected chi connectivity index (χ3v) is 9.30. The fraction of sp³-hybridized carbons (Fsp3) is 0. The molecule has 12 rings (SSSR count). The van der Waals surface area contributed by atoms with Gasteiger partial charge in [-0.3, -0.25) is 0 Å². The molecule has 0 amide bonds. The van der Waals surface area contributed by atoms with Gasteiger partial charge in [-0.15, -0.1) is 0 Å². The van der Waals surface area contributed by atoms with Crippen LogP contribution in [0, 0.1) is 0 Å². The van der Waals surface area contributed by atoms with E-state index in [9.17, 15) is 11.0 Å². The van der Waals surface area contributed by atoms with Crippen LogP contribution in [0.2, 0.25) is 0 Å². The van der Waals surface area contributed by atoms with Gasteiger partial charge in [0.1, 0.15) is 17.2 Å². The molecule has 4 heterocycles. The monoisotopic (exact) mass is 703 g/mol. The highest BCUT2D eigenvalue weighted by molar-refractivity contribution is 6.84. The van der Waals surface area contributed by atoms with Crippen molar-refractivity contribution in [1.82, 2.24) is 9.13 Å². The van der Waals surface area contributed by atoms with Crippen LogP contribution in [0.1, 0.15) is 37.0 Å². The maximum absolute atomic E-state index is 9.91. The lowest BCUT2D eigenvalue weighted by Crippen LogP contribution is -2.53. The summed E-state index contributed by atoms with van der Waals surface area (Å²) in [5, 5.41) is -1.70. The third-order valence-electron chi connectivity index (χ3n) is 9.30. The molecule has 53 heavy (non-hydrogen) atoms. The molecule has 0 fully saturated rings. The molecule has 0 saturated carbocycles. The second kappa shape index (κ2) is 10.8. The van der Waals surface area contributed by atoms with Crippen LogP contribution in [0.5, 0.6) is 17.2 Å². The number of fused-ring (bicyclic) bond motifs is 10. The highest BCUT2D eigenvalue weighted by Gasteiger charge is 2.41. The van der Waals surface area contributed by atoms with Crippen LogP contribution in [-0.2, 0) is 0 Å². The van der Waals surface area contributed by atoms with E-state index in [0.29, 0.717) is 0 Å². The predicted octanol–water partition coefficient (Wildman–Crippen LogP) is 10.8. The third kappa shape index (κ3) is 4.02. The number of hydrogen-bond donors (Lipinski definition) is 0. The zero-order valence-corrected chi connectivity index (χ0v) is 26.4. The summed E-state index contributed by atoms with van der Waals surface area (Å²) in [4.78, 5) is 0. The second-order valence-electron chi connectivity index (χ2n) is 12.0. The van der Waals surface area contributed by atoms with E-state index in [-0.39, 0.29) is 27.9 Å². The minimum Gasteiger partial charge on any atom is -0.551 e. The lowest BCUT2D eigenvalue weighted by molar-refractivity contribution is 0.479. The maximum atomic E-state index is 9.91. The molecule has 2 aromatic heterocycles. The summed E-state index contributed by atoms with van der Waals surface area (Å²) in [6.07, 6.45) is 0. The number of para-hydroxylation sites is 6. The molecule has 2 aliphatic rings. The highest BCUT2D eigenvalue weighted by atomic mass is 16.5. The molecule has 0 saturated heterocycles. The van der Waals surface area contributed by atoms with E-state index >= 15 is 0 Å². The summed E-state index contributed by atoms with van der Waals surface area (Å²) in [5.74, 6) is -1.56. The van der Waals surface area contributed by atoms with E-state index in [1.165, 1.54) is 6.07 Å². The SMILES string of the molecule is [2H]c1c([2H])c([2H])c2c(c1[2H])OB1c3c(cc(-c4c([2H])c([2H])c([2H])c([2H])c4-n4c5c([2H])c([2H])c([2H])c([2H])c5c5c([2H])c([2H])c([2H])c([2H])c54)cc3-2)Oc2c([2H])c(-n3c4c([2H])c([2H])c([2H])c([2H])c4c4c([2H])c([2H])c([2H])c([2H])c43)c([2H])c([2H])c21. The lowest BCUT2D eigenvalue weighted by Gasteiger charge is -2.33. The Morgan fingerprint density at radius 2 is 1.00 bits per heavy atom. The van der Waals surface area contributed by atoms with Crippen LogP contribution in [0.15, 0.2) is 175 Å². The first-order chi connectivity index (χ1) is 37.5. The predicted molar refractivity (Wildman–Crippen MR) is 218 cm³/mol. The number of nitrogens with zero attached hydrogens (tertiary/aromatic N) is 2. The van der Waals surface area contributed by atoms with Crippen molar-refractivity contribution in [3.63, 3.8) is 0 Å². The Balaban J connectivity index is 1.24. The van der Waals surface area contributed by atoms with Gasteiger partial charge in [0.15, 0.2) is 0 Å². The average molecular weight is 704 g/mol. The quantitative estimate of drug-likeness (QED) is 0.171. The Kier molecular flexibility index (Phi) is 2.68. The van der Waals surface area contributed by atoms with E-state index in [2.05, 4.69) is 0 Å². The first kappa shape index (κ1) is 13.2. The first-order valence-electron chi connectivity index (χ1n) is 29.4. The standard InChI is InChI=1S/C48H29BN2O2/c1-7-19-40(51-43-22-10-4-16-35(43)36-17-5-11-23-44(36)51)32(13-1)30-27-38-37-18-6-12-24-45(37)53-49-39-26-25-31(29-46(39)52-47(28-30)48(38)49)50-41-20-8-2-14-33(41)34-15-3-9-21-42(34)50/h1-29H/i1D,2D,3D,4D,5D,6D,7D,8D,9D,10D,11D,12D,13D,14D,15D,16D,17D,18D,19D,20D,21D,22D,23D,24D,25D,26D,29D. The minimum absolute atomic E-state index is 0.110. The zero-order chi connectivity index (χ0) is 58.1. The van der Waals surface area contributed by atoms with Crippen molar-refractivity contribution in [3.8, 4) is 50.9 Å². The average Bonchev–Trinajstić information content (AvgIpc) is 4.18. The molecule has 0 atom stereocenters.